The Hall–Kier alpha value is -8.40. The molecule has 0 fully saturated rings. The predicted octanol–water partition coefficient (Wildman–Crippen LogP) is 16.7. The summed E-state index contributed by atoms with van der Waals surface area (Å²) in [5, 5.41) is 2.52. The number of para-hydroxylation sites is 5. The topological polar surface area (TPSA) is 11.4 Å². The SMILES string of the molecule is c1ccc(-c2ccc(-c3ccc4c(c3)N(c3ccccc3)c3ccccc3N4c3ccc(-c4ccc(-c5ccc6c(c5)c5ccccc5n6-c5ccccc5)cc4)cc3)cc2)cc1. The summed E-state index contributed by atoms with van der Waals surface area (Å²) in [5.74, 6) is 0. The third kappa shape index (κ3) is 6.38. The minimum absolute atomic E-state index is 1.11. The van der Waals surface area contributed by atoms with Crippen LogP contribution in [0.1, 0.15) is 0 Å². The number of hydrogen-bond donors (Lipinski definition) is 0. The summed E-state index contributed by atoms with van der Waals surface area (Å²) in [6.45, 7) is 0. The highest BCUT2D eigenvalue weighted by Crippen LogP contribution is 2.55. The Kier molecular flexibility index (Phi) is 8.83. The van der Waals surface area contributed by atoms with Crippen molar-refractivity contribution < 1.29 is 0 Å². The monoisotopic (exact) mass is 803 g/mol. The van der Waals surface area contributed by atoms with Crippen molar-refractivity contribution in [1.82, 2.24) is 4.57 Å². The molecule has 0 saturated carbocycles. The van der Waals surface area contributed by atoms with E-state index >= 15 is 0 Å². The van der Waals surface area contributed by atoms with Gasteiger partial charge in [-0.2, -0.15) is 0 Å². The van der Waals surface area contributed by atoms with Gasteiger partial charge in [-0.15, -0.1) is 0 Å². The van der Waals surface area contributed by atoms with Gasteiger partial charge in [0.25, 0.3) is 0 Å². The Morgan fingerprint density at radius 3 is 1.21 bits per heavy atom. The first-order valence-corrected chi connectivity index (χ1v) is 21.6. The van der Waals surface area contributed by atoms with E-state index in [1.165, 1.54) is 72.0 Å². The van der Waals surface area contributed by atoms with Crippen LogP contribution in [0.5, 0.6) is 0 Å². The molecule has 0 N–H and O–H groups in total. The summed E-state index contributed by atoms with van der Waals surface area (Å²) in [7, 11) is 0. The molecule has 0 spiro atoms. The molecule has 63 heavy (non-hydrogen) atoms. The summed E-state index contributed by atoms with van der Waals surface area (Å²) in [6, 6.07) is 90.1. The molecule has 3 heteroatoms. The van der Waals surface area contributed by atoms with Gasteiger partial charge in [-0.25, -0.2) is 0 Å². The third-order valence-corrected chi connectivity index (χ3v) is 12.5. The van der Waals surface area contributed by atoms with Gasteiger partial charge in [-0.1, -0.05) is 170 Å². The largest absolute Gasteiger partial charge is 0.309 e. The Morgan fingerprint density at radius 2 is 0.587 bits per heavy atom. The summed E-state index contributed by atoms with van der Waals surface area (Å²) >= 11 is 0. The second-order valence-electron chi connectivity index (χ2n) is 16.2. The van der Waals surface area contributed by atoms with Crippen LogP contribution in [0.2, 0.25) is 0 Å². The molecule has 2 heterocycles. The van der Waals surface area contributed by atoms with Gasteiger partial charge in [-0.3, -0.25) is 0 Å². The van der Waals surface area contributed by atoms with Crippen LogP contribution in [0, 0.1) is 0 Å². The molecule has 0 unspecified atom stereocenters. The highest BCUT2D eigenvalue weighted by atomic mass is 15.3. The number of nitrogens with zero attached hydrogens (tertiary/aromatic N) is 3. The van der Waals surface area contributed by atoms with Crippen LogP contribution < -0.4 is 9.80 Å². The van der Waals surface area contributed by atoms with Crippen molar-refractivity contribution >= 4 is 55.9 Å². The van der Waals surface area contributed by atoms with Gasteiger partial charge in [0.1, 0.15) is 0 Å². The molecular formula is C60H41N3. The number of fused-ring (bicyclic) bond motifs is 5. The van der Waals surface area contributed by atoms with Gasteiger partial charge in [0.15, 0.2) is 0 Å². The van der Waals surface area contributed by atoms with Crippen molar-refractivity contribution in [2.75, 3.05) is 9.80 Å². The first kappa shape index (κ1) is 36.5. The second kappa shape index (κ2) is 15.3. The van der Waals surface area contributed by atoms with Crippen LogP contribution in [0.4, 0.5) is 34.1 Å². The van der Waals surface area contributed by atoms with Crippen LogP contribution >= 0.6 is 0 Å². The number of hydrogen-bond acceptors (Lipinski definition) is 2. The number of rotatable bonds is 7. The molecule has 296 valence electrons. The van der Waals surface area contributed by atoms with Gasteiger partial charge in [-0.05, 0) is 123 Å². The predicted molar refractivity (Wildman–Crippen MR) is 265 cm³/mol. The zero-order valence-corrected chi connectivity index (χ0v) is 34.5. The van der Waals surface area contributed by atoms with Crippen molar-refractivity contribution in [3.8, 4) is 50.2 Å². The minimum Gasteiger partial charge on any atom is -0.309 e. The maximum absolute atomic E-state index is 2.41. The molecule has 1 aliphatic rings. The average molecular weight is 804 g/mol. The number of aromatic nitrogens is 1. The zero-order chi connectivity index (χ0) is 41.7. The van der Waals surface area contributed by atoms with Crippen molar-refractivity contribution in [2.45, 2.75) is 0 Å². The molecule has 1 aliphatic heterocycles. The summed E-state index contributed by atoms with van der Waals surface area (Å²) in [4.78, 5) is 4.81. The Labute approximate surface area is 367 Å². The zero-order valence-electron chi connectivity index (χ0n) is 34.5. The summed E-state index contributed by atoms with van der Waals surface area (Å²) in [6.07, 6.45) is 0. The molecule has 10 aromatic carbocycles. The van der Waals surface area contributed by atoms with Crippen LogP contribution in [0.15, 0.2) is 249 Å². The lowest BCUT2D eigenvalue weighted by Crippen LogP contribution is -2.24. The quantitative estimate of drug-likeness (QED) is 0.159. The van der Waals surface area contributed by atoms with E-state index in [2.05, 4.69) is 263 Å². The van der Waals surface area contributed by atoms with E-state index in [0.29, 0.717) is 0 Å². The lowest BCUT2D eigenvalue weighted by molar-refractivity contribution is 1.17. The van der Waals surface area contributed by atoms with Gasteiger partial charge in [0.05, 0.1) is 33.8 Å². The van der Waals surface area contributed by atoms with E-state index in [1.807, 2.05) is 0 Å². The maximum atomic E-state index is 2.41. The van der Waals surface area contributed by atoms with Gasteiger partial charge in [0, 0.05) is 27.8 Å². The van der Waals surface area contributed by atoms with Crippen molar-refractivity contribution in [3.05, 3.63) is 249 Å². The number of benzene rings is 10. The van der Waals surface area contributed by atoms with Gasteiger partial charge >= 0.3 is 0 Å². The van der Waals surface area contributed by atoms with Crippen LogP contribution in [0.3, 0.4) is 0 Å². The van der Waals surface area contributed by atoms with Crippen molar-refractivity contribution in [1.29, 1.82) is 0 Å². The molecule has 0 radical (unpaired) electrons. The molecular weight excluding hydrogens is 763 g/mol. The highest BCUT2D eigenvalue weighted by Gasteiger charge is 2.30. The smallest absolute Gasteiger partial charge is 0.0709 e. The standard InChI is InChI=1S/C60H41N3/c1-4-14-42(15-5-1)43-24-30-47(31-25-43)49-35-39-59-60(41-49)63(51-18-8-3-9-19-51)58-23-13-12-22-57(58)62(59)52-36-32-45(33-37-52)44-26-28-46(29-27-44)48-34-38-56-54(40-48)53-20-10-11-21-55(53)61(56)50-16-6-2-7-17-50/h1-41H. The summed E-state index contributed by atoms with van der Waals surface area (Å²) in [5.41, 5.74) is 19.9. The maximum Gasteiger partial charge on any atom is 0.0709 e. The molecule has 0 atom stereocenters. The molecule has 0 bridgehead atoms. The van der Waals surface area contributed by atoms with Crippen LogP contribution in [-0.4, -0.2) is 4.57 Å². The van der Waals surface area contributed by atoms with Crippen LogP contribution in [0.25, 0.3) is 72.0 Å². The lowest BCUT2D eigenvalue weighted by Gasteiger charge is -2.40. The normalized spacial score (nSPS) is 12.1. The third-order valence-electron chi connectivity index (χ3n) is 12.5. The van der Waals surface area contributed by atoms with E-state index in [9.17, 15) is 0 Å². The Morgan fingerprint density at radius 1 is 0.206 bits per heavy atom. The average Bonchev–Trinajstić information content (AvgIpc) is 3.70. The minimum atomic E-state index is 1.11. The molecule has 0 amide bonds. The molecule has 3 nitrogen and oxygen atoms in total. The molecule has 12 rings (SSSR count). The fourth-order valence-corrected chi connectivity index (χ4v) is 9.46. The Bertz CT molecular complexity index is 3410. The first-order valence-electron chi connectivity index (χ1n) is 21.6. The first-order chi connectivity index (χ1) is 31.2. The molecule has 1 aromatic heterocycles. The fourth-order valence-electron chi connectivity index (χ4n) is 9.46. The van der Waals surface area contributed by atoms with Crippen molar-refractivity contribution in [2.24, 2.45) is 0 Å². The highest BCUT2D eigenvalue weighted by molar-refractivity contribution is 6.10. The molecule has 0 aliphatic carbocycles. The van der Waals surface area contributed by atoms with E-state index in [4.69, 9.17) is 0 Å². The van der Waals surface area contributed by atoms with E-state index in [0.717, 1.165) is 34.1 Å². The van der Waals surface area contributed by atoms with E-state index < -0.39 is 0 Å². The lowest BCUT2D eigenvalue weighted by atomic mass is 9.97. The van der Waals surface area contributed by atoms with E-state index in [-0.39, 0.29) is 0 Å². The summed E-state index contributed by atoms with van der Waals surface area (Å²) < 4.78 is 2.37. The molecule has 11 aromatic rings. The van der Waals surface area contributed by atoms with Crippen LogP contribution in [-0.2, 0) is 0 Å². The second-order valence-corrected chi connectivity index (χ2v) is 16.2. The van der Waals surface area contributed by atoms with Gasteiger partial charge < -0.3 is 14.4 Å². The fraction of sp³-hybridized carbons (Fsp3) is 0. The van der Waals surface area contributed by atoms with Gasteiger partial charge in [0.2, 0.25) is 0 Å². The number of anilines is 6. The Balaban J connectivity index is 0.883. The molecule has 0 saturated heterocycles. The van der Waals surface area contributed by atoms with E-state index in [1.54, 1.807) is 0 Å². The van der Waals surface area contributed by atoms with Crippen molar-refractivity contribution in [3.63, 3.8) is 0 Å².